The molecule has 0 amide bonds. The molecule has 0 aliphatic carbocycles. The van der Waals surface area contributed by atoms with Gasteiger partial charge in [-0.2, -0.15) is 0 Å². The normalized spacial score (nSPS) is 10.8. The highest BCUT2D eigenvalue weighted by Gasteiger charge is 2.02. The molecular formula is C12H15N3S. The van der Waals surface area contributed by atoms with Gasteiger partial charge in [-0.15, -0.1) is 6.58 Å². The molecule has 0 unspecified atom stereocenters. The van der Waals surface area contributed by atoms with Crippen molar-refractivity contribution < 1.29 is 0 Å². The van der Waals surface area contributed by atoms with Gasteiger partial charge in [0.25, 0.3) is 0 Å². The molecule has 2 aromatic rings. The zero-order valence-corrected chi connectivity index (χ0v) is 9.89. The molecule has 84 valence electrons. The number of aromatic nitrogens is 2. The van der Waals surface area contributed by atoms with Crippen molar-refractivity contribution in [3.63, 3.8) is 0 Å². The number of benzene rings is 1. The predicted molar refractivity (Wildman–Crippen MR) is 70.7 cm³/mol. The van der Waals surface area contributed by atoms with Crippen molar-refractivity contribution in [1.82, 2.24) is 9.97 Å². The number of imidazole rings is 1. The molecule has 0 bridgehead atoms. The number of rotatable bonds is 5. The third kappa shape index (κ3) is 2.58. The number of allylic oxidation sites excluding steroid dienone is 1. The molecule has 0 spiro atoms. The molecule has 0 saturated heterocycles. The summed E-state index contributed by atoms with van der Waals surface area (Å²) < 4.78 is 0. The molecule has 0 saturated carbocycles. The first-order valence-electron chi connectivity index (χ1n) is 5.28. The van der Waals surface area contributed by atoms with Gasteiger partial charge in [-0.05, 0) is 31.0 Å². The molecule has 1 aromatic heterocycles. The Morgan fingerprint density at radius 1 is 1.50 bits per heavy atom. The SMILES string of the molecule is C=CCCCSc1nc2ccc(N)cc2[nH]1. The van der Waals surface area contributed by atoms with Gasteiger partial charge in [0.05, 0.1) is 11.0 Å². The van der Waals surface area contributed by atoms with E-state index in [1.54, 1.807) is 11.8 Å². The first kappa shape index (κ1) is 11.1. The molecule has 0 atom stereocenters. The minimum absolute atomic E-state index is 0.763. The summed E-state index contributed by atoms with van der Waals surface area (Å²) in [5, 5.41) is 0.963. The van der Waals surface area contributed by atoms with Crippen molar-refractivity contribution in [2.45, 2.75) is 18.0 Å². The molecule has 3 N–H and O–H groups in total. The van der Waals surface area contributed by atoms with Crippen LogP contribution in [0.15, 0.2) is 36.0 Å². The maximum atomic E-state index is 5.71. The number of hydrogen-bond acceptors (Lipinski definition) is 3. The van der Waals surface area contributed by atoms with Crippen LogP contribution in [0.3, 0.4) is 0 Å². The van der Waals surface area contributed by atoms with Crippen LogP contribution in [0, 0.1) is 0 Å². The maximum Gasteiger partial charge on any atom is 0.166 e. The van der Waals surface area contributed by atoms with Gasteiger partial charge in [-0.1, -0.05) is 17.8 Å². The van der Waals surface area contributed by atoms with Gasteiger partial charge in [-0.25, -0.2) is 4.98 Å². The molecule has 1 heterocycles. The molecule has 3 nitrogen and oxygen atoms in total. The lowest BCUT2D eigenvalue weighted by molar-refractivity contribution is 0.965. The molecule has 1 aromatic carbocycles. The van der Waals surface area contributed by atoms with E-state index in [1.807, 2.05) is 24.3 Å². The van der Waals surface area contributed by atoms with Crippen LogP contribution in [0.5, 0.6) is 0 Å². The summed E-state index contributed by atoms with van der Waals surface area (Å²) >= 11 is 1.74. The van der Waals surface area contributed by atoms with E-state index in [1.165, 1.54) is 0 Å². The van der Waals surface area contributed by atoms with E-state index < -0.39 is 0 Å². The Hall–Kier alpha value is -1.42. The van der Waals surface area contributed by atoms with Crippen molar-refractivity contribution in [1.29, 1.82) is 0 Å². The fraction of sp³-hybridized carbons (Fsp3) is 0.250. The van der Waals surface area contributed by atoms with Gasteiger partial charge >= 0.3 is 0 Å². The topological polar surface area (TPSA) is 54.7 Å². The average molecular weight is 233 g/mol. The number of unbranched alkanes of at least 4 members (excludes halogenated alkanes) is 1. The van der Waals surface area contributed by atoms with Gasteiger partial charge in [0.15, 0.2) is 5.16 Å². The summed E-state index contributed by atoms with van der Waals surface area (Å²) in [6.45, 7) is 3.70. The number of nitrogens with one attached hydrogen (secondary N) is 1. The number of hydrogen-bond donors (Lipinski definition) is 2. The number of nitrogens with two attached hydrogens (primary N) is 1. The van der Waals surface area contributed by atoms with Crippen LogP contribution in [-0.2, 0) is 0 Å². The number of nitrogens with zero attached hydrogens (tertiary/aromatic N) is 1. The van der Waals surface area contributed by atoms with E-state index in [-0.39, 0.29) is 0 Å². The van der Waals surface area contributed by atoms with Crippen LogP contribution in [0.2, 0.25) is 0 Å². The molecular weight excluding hydrogens is 218 g/mol. The first-order valence-corrected chi connectivity index (χ1v) is 6.27. The fourth-order valence-electron chi connectivity index (χ4n) is 1.47. The average Bonchev–Trinajstić information content (AvgIpc) is 2.66. The van der Waals surface area contributed by atoms with Gasteiger partial charge in [-0.3, -0.25) is 0 Å². The number of thioether (sulfide) groups is 1. The Balaban J connectivity index is 2.05. The molecule has 16 heavy (non-hydrogen) atoms. The van der Waals surface area contributed by atoms with Crippen molar-refractivity contribution in [3.05, 3.63) is 30.9 Å². The third-order valence-corrected chi connectivity index (χ3v) is 3.24. The Morgan fingerprint density at radius 2 is 2.38 bits per heavy atom. The van der Waals surface area contributed by atoms with Crippen molar-refractivity contribution in [2.75, 3.05) is 11.5 Å². The Morgan fingerprint density at radius 3 is 3.19 bits per heavy atom. The lowest BCUT2D eigenvalue weighted by atomic mass is 10.3. The second-order valence-corrected chi connectivity index (χ2v) is 4.68. The van der Waals surface area contributed by atoms with Crippen LogP contribution < -0.4 is 5.73 Å². The summed E-state index contributed by atoms with van der Waals surface area (Å²) in [6.07, 6.45) is 4.13. The highest BCUT2D eigenvalue weighted by molar-refractivity contribution is 7.99. The minimum atomic E-state index is 0.763. The first-order chi connectivity index (χ1) is 7.79. The number of H-pyrrole nitrogens is 1. The monoisotopic (exact) mass is 233 g/mol. The predicted octanol–water partition coefficient (Wildman–Crippen LogP) is 3.20. The molecule has 0 fully saturated rings. The zero-order valence-electron chi connectivity index (χ0n) is 9.07. The summed E-state index contributed by atoms with van der Waals surface area (Å²) in [5.74, 6) is 1.06. The molecule has 2 rings (SSSR count). The Kier molecular flexibility index (Phi) is 3.51. The maximum absolute atomic E-state index is 5.71. The van der Waals surface area contributed by atoms with Crippen LogP contribution in [0.1, 0.15) is 12.8 Å². The second kappa shape index (κ2) is 5.07. The summed E-state index contributed by atoms with van der Waals surface area (Å²) in [7, 11) is 0. The van der Waals surface area contributed by atoms with Gasteiger partial charge in [0, 0.05) is 11.4 Å². The minimum Gasteiger partial charge on any atom is -0.399 e. The summed E-state index contributed by atoms with van der Waals surface area (Å²) in [5.41, 5.74) is 8.45. The van der Waals surface area contributed by atoms with Crippen molar-refractivity contribution in [2.24, 2.45) is 0 Å². The number of aromatic amines is 1. The van der Waals surface area contributed by atoms with E-state index in [9.17, 15) is 0 Å². The van der Waals surface area contributed by atoms with Gasteiger partial charge in [0.1, 0.15) is 0 Å². The summed E-state index contributed by atoms with van der Waals surface area (Å²) in [4.78, 5) is 7.74. The highest BCUT2D eigenvalue weighted by atomic mass is 32.2. The largest absolute Gasteiger partial charge is 0.399 e. The van der Waals surface area contributed by atoms with Gasteiger partial charge in [0.2, 0.25) is 0 Å². The lowest BCUT2D eigenvalue weighted by Crippen LogP contribution is -1.82. The Bertz CT molecular complexity index is 490. The second-order valence-electron chi connectivity index (χ2n) is 3.60. The van der Waals surface area contributed by atoms with E-state index in [2.05, 4.69) is 16.5 Å². The highest BCUT2D eigenvalue weighted by Crippen LogP contribution is 2.21. The van der Waals surface area contributed by atoms with Crippen molar-refractivity contribution in [3.8, 4) is 0 Å². The van der Waals surface area contributed by atoms with Crippen LogP contribution in [-0.4, -0.2) is 15.7 Å². The van der Waals surface area contributed by atoms with Crippen LogP contribution >= 0.6 is 11.8 Å². The molecule has 0 aliphatic rings. The zero-order chi connectivity index (χ0) is 11.4. The molecule has 0 radical (unpaired) electrons. The van der Waals surface area contributed by atoms with E-state index in [4.69, 9.17) is 5.73 Å². The molecule has 4 heteroatoms. The van der Waals surface area contributed by atoms with Gasteiger partial charge < -0.3 is 10.7 Å². The Labute approximate surface area is 99.1 Å². The van der Waals surface area contributed by atoms with E-state index >= 15 is 0 Å². The number of fused-ring (bicyclic) bond motifs is 1. The van der Waals surface area contributed by atoms with Crippen LogP contribution in [0.25, 0.3) is 11.0 Å². The smallest absolute Gasteiger partial charge is 0.166 e. The lowest BCUT2D eigenvalue weighted by Gasteiger charge is -1.94. The van der Waals surface area contributed by atoms with E-state index in [0.29, 0.717) is 0 Å². The number of anilines is 1. The quantitative estimate of drug-likeness (QED) is 0.361. The molecule has 0 aliphatic heterocycles. The van der Waals surface area contributed by atoms with E-state index in [0.717, 1.165) is 40.5 Å². The standard InChI is InChI=1S/C12H15N3S/c1-2-3-4-7-16-12-14-10-6-5-9(13)8-11(10)15-12/h2,5-6,8H,1,3-4,7,13H2,(H,14,15). The number of nitrogen functional groups attached to an aromatic ring is 1. The fourth-order valence-corrected chi connectivity index (χ4v) is 2.32. The third-order valence-electron chi connectivity index (χ3n) is 2.28. The summed E-state index contributed by atoms with van der Waals surface area (Å²) in [6, 6.07) is 5.72. The van der Waals surface area contributed by atoms with Crippen molar-refractivity contribution >= 4 is 28.5 Å². The van der Waals surface area contributed by atoms with Crippen LogP contribution in [0.4, 0.5) is 5.69 Å².